The summed E-state index contributed by atoms with van der Waals surface area (Å²) in [5.74, 6) is 0.203. The standard InChI is InChI=1S/C21H30N2O3/c1-20(2,3)26-19(25)23-13-7-10-18(24)21(23)11-14-22(15-12-21)16-17-8-5-4-6-9-17/h4-6,8-9H,7,10-16H2,1-3H3. The number of amides is 1. The highest BCUT2D eigenvalue weighted by molar-refractivity contribution is 5.93. The van der Waals surface area contributed by atoms with Crippen molar-refractivity contribution >= 4 is 11.9 Å². The van der Waals surface area contributed by atoms with Crippen molar-refractivity contribution in [1.29, 1.82) is 0 Å². The lowest BCUT2D eigenvalue weighted by molar-refractivity contribution is -0.138. The number of piperidine rings is 2. The van der Waals surface area contributed by atoms with Crippen LogP contribution in [0.3, 0.4) is 0 Å². The van der Waals surface area contributed by atoms with E-state index in [2.05, 4.69) is 29.2 Å². The third-order valence-electron chi connectivity index (χ3n) is 5.37. The fourth-order valence-electron chi connectivity index (χ4n) is 4.05. The minimum absolute atomic E-state index is 0.203. The van der Waals surface area contributed by atoms with Gasteiger partial charge in [0.05, 0.1) is 0 Å². The van der Waals surface area contributed by atoms with Crippen LogP contribution in [-0.4, -0.2) is 52.5 Å². The van der Waals surface area contributed by atoms with Crippen molar-refractivity contribution in [2.75, 3.05) is 19.6 Å². The zero-order valence-corrected chi connectivity index (χ0v) is 16.2. The van der Waals surface area contributed by atoms with Gasteiger partial charge < -0.3 is 4.74 Å². The third-order valence-corrected chi connectivity index (χ3v) is 5.37. The SMILES string of the molecule is CC(C)(C)OC(=O)N1CCCC(=O)C12CCN(Cc1ccccc1)CC2. The molecule has 2 aliphatic rings. The summed E-state index contributed by atoms with van der Waals surface area (Å²) in [4.78, 5) is 29.7. The molecule has 5 nitrogen and oxygen atoms in total. The molecule has 1 aromatic rings. The smallest absolute Gasteiger partial charge is 0.411 e. The first kappa shape index (κ1) is 18.9. The summed E-state index contributed by atoms with van der Waals surface area (Å²) in [5, 5.41) is 0. The molecule has 3 rings (SSSR count). The van der Waals surface area contributed by atoms with Crippen molar-refractivity contribution < 1.29 is 14.3 Å². The summed E-state index contributed by atoms with van der Waals surface area (Å²) in [6, 6.07) is 10.4. The van der Waals surface area contributed by atoms with Crippen molar-refractivity contribution in [3.63, 3.8) is 0 Å². The van der Waals surface area contributed by atoms with Gasteiger partial charge >= 0.3 is 6.09 Å². The number of rotatable bonds is 2. The summed E-state index contributed by atoms with van der Waals surface area (Å²) in [6.45, 7) is 8.74. The maximum absolute atomic E-state index is 12.8. The molecule has 1 spiro atoms. The molecule has 0 radical (unpaired) electrons. The maximum atomic E-state index is 12.8. The quantitative estimate of drug-likeness (QED) is 0.810. The van der Waals surface area contributed by atoms with Crippen LogP contribution < -0.4 is 0 Å². The summed E-state index contributed by atoms with van der Waals surface area (Å²) in [6.07, 6.45) is 2.34. The Bertz CT molecular complexity index is 643. The molecular formula is C21H30N2O3. The van der Waals surface area contributed by atoms with Gasteiger partial charge in [-0.3, -0.25) is 14.6 Å². The van der Waals surface area contributed by atoms with Gasteiger partial charge in [-0.25, -0.2) is 4.79 Å². The largest absolute Gasteiger partial charge is 0.444 e. The first-order valence-electron chi connectivity index (χ1n) is 9.60. The van der Waals surface area contributed by atoms with Crippen LogP contribution in [0.5, 0.6) is 0 Å². The van der Waals surface area contributed by atoms with Crippen LogP contribution in [0.15, 0.2) is 30.3 Å². The van der Waals surface area contributed by atoms with E-state index >= 15 is 0 Å². The Balaban J connectivity index is 1.70. The predicted octanol–water partition coefficient (Wildman–Crippen LogP) is 3.62. The van der Waals surface area contributed by atoms with Gasteiger partial charge in [-0.1, -0.05) is 30.3 Å². The fraction of sp³-hybridized carbons (Fsp3) is 0.619. The summed E-state index contributed by atoms with van der Waals surface area (Å²) >= 11 is 0. The molecule has 2 saturated heterocycles. The van der Waals surface area contributed by atoms with Gasteiger partial charge in [-0.2, -0.15) is 0 Å². The number of hydrogen-bond donors (Lipinski definition) is 0. The highest BCUT2D eigenvalue weighted by Gasteiger charge is 2.50. The minimum Gasteiger partial charge on any atom is -0.444 e. The van der Waals surface area contributed by atoms with Crippen LogP contribution in [0.1, 0.15) is 52.0 Å². The van der Waals surface area contributed by atoms with Gasteiger partial charge in [0, 0.05) is 32.6 Å². The van der Waals surface area contributed by atoms with Gasteiger partial charge in [-0.15, -0.1) is 0 Å². The van der Waals surface area contributed by atoms with Crippen molar-refractivity contribution in [1.82, 2.24) is 9.80 Å². The van der Waals surface area contributed by atoms with Crippen LogP contribution in [0, 0.1) is 0 Å². The van der Waals surface area contributed by atoms with E-state index < -0.39 is 11.1 Å². The van der Waals surface area contributed by atoms with Crippen LogP contribution >= 0.6 is 0 Å². The lowest BCUT2D eigenvalue weighted by atomic mass is 9.77. The van der Waals surface area contributed by atoms with Gasteiger partial charge in [0.15, 0.2) is 5.78 Å². The molecule has 2 aliphatic heterocycles. The van der Waals surface area contributed by atoms with Crippen LogP contribution in [0.2, 0.25) is 0 Å². The second kappa shape index (κ2) is 7.39. The van der Waals surface area contributed by atoms with Crippen LogP contribution in [0.4, 0.5) is 4.79 Å². The maximum Gasteiger partial charge on any atom is 0.411 e. The molecule has 1 aromatic carbocycles. The predicted molar refractivity (Wildman–Crippen MR) is 101 cm³/mol. The Labute approximate surface area is 156 Å². The fourth-order valence-corrected chi connectivity index (χ4v) is 4.05. The first-order chi connectivity index (χ1) is 12.3. The Morgan fingerprint density at radius 3 is 2.38 bits per heavy atom. The number of ketones is 1. The van der Waals surface area contributed by atoms with E-state index in [0.717, 1.165) is 26.1 Å². The average Bonchev–Trinajstić information content (AvgIpc) is 2.58. The van der Waals surface area contributed by atoms with Crippen molar-refractivity contribution in [3.8, 4) is 0 Å². The summed E-state index contributed by atoms with van der Waals surface area (Å²) < 4.78 is 5.60. The van der Waals surface area contributed by atoms with E-state index in [9.17, 15) is 9.59 Å². The second-order valence-electron chi connectivity index (χ2n) is 8.45. The molecular weight excluding hydrogens is 328 g/mol. The number of carbonyl (C=O) groups excluding carboxylic acids is 2. The molecule has 0 aliphatic carbocycles. The average molecular weight is 358 g/mol. The first-order valence-corrected chi connectivity index (χ1v) is 9.60. The van der Waals surface area contributed by atoms with Gasteiger partial charge in [0.1, 0.15) is 11.1 Å². The normalized spacial score (nSPS) is 21.0. The van der Waals surface area contributed by atoms with Gasteiger partial charge in [0.2, 0.25) is 0 Å². The molecule has 0 bridgehead atoms. The lowest BCUT2D eigenvalue weighted by Crippen LogP contribution is -2.64. The Morgan fingerprint density at radius 1 is 1.12 bits per heavy atom. The number of nitrogens with zero attached hydrogens (tertiary/aromatic N) is 2. The zero-order valence-electron chi connectivity index (χ0n) is 16.2. The van der Waals surface area contributed by atoms with Crippen LogP contribution in [0.25, 0.3) is 0 Å². The molecule has 0 saturated carbocycles. The highest BCUT2D eigenvalue weighted by atomic mass is 16.6. The number of ether oxygens (including phenoxy) is 1. The number of benzene rings is 1. The van der Waals surface area contributed by atoms with Crippen LogP contribution in [-0.2, 0) is 16.1 Å². The van der Waals surface area contributed by atoms with E-state index in [1.807, 2.05) is 26.8 Å². The molecule has 0 aromatic heterocycles. The Hall–Kier alpha value is -1.88. The number of carbonyl (C=O) groups is 2. The Kier molecular flexibility index (Phi) is 5.37. The van der Waals surface area contributed by atoms with Crippen molar-refractivity contribution in [3.05, 3.63) is 35.9 Å². The molecule has 0 atom stereocenters. The summed E-state index contributed by atoms with van der Waals surface area (Å²) in [5.41, 5.74) is 0.0583. The zero-order chi connectivity index (χ0) is 18.8. The van der Waals surface area contributed by atoms with E-state index in [4.69, 9.17) is 4.74 Å². The molecule has 5 heteroatoms. The topological polar surface area (TPSA) is 49.9 Å². The van der Waals surface area contributed by atoms with E-state index in [1.165, 1.54) is 5.56 Å². The van der Waals surface area contributed by atoms with Gasteiger partial charge in [0.25, 0.3) is 0 Å². The third kappa shape index (κ3) is 4.09. The van der Waals surface area contributed by atoms with E-state index in [-0.39, 0.29) is 11.9 Å². The van der Waals surface area contributed by atoms with E-state index in [0.29, 0.717) is 25.8 Å². The number of hydrogen-bond acceptors (Lipinski definition) is 4. The molecule has 2 fully saturated rings. The number of Topliss-reactive ketones (excluding diaryl/α,β-unsaturated/α-hetero) is 1. The molecule has 26 heavy (non-hydrogen) atoms. The minimum atomic E-state index is -0.673. The van der Waals surface area contributed by atoms with Crippen molar-refractivity contribution in [2.45, 2.75) is 64.1 Å². The highest BCUT2D eigenvalue weighted by Crippen LogP contribution is 2.36. The number of likely N-dealkylation sites (tertiary alicyclic amines) is 2. The molecule has 0 N–H and O–H groups in total. The Morgan fingerprint density at radius 2 is 1.77 bits per heavy atom. The monoisotopic (exact) mass is 358 g/mol. The molecule has 142 valence electrons. The van der Waals surface area contributed by atoms with Crippen molar-refractivity contribution in [2.24, 2.45) is 0 Å². The summed E-state index contributed by atoms with van der Waals surface area (Å²) in [7, 11) is 0. The van der Waals surface area contributed by atoms with Gasteiger partial charge in [-0.05, 0) is 45.6 Å². The molecule has 0 unspecified atom stereocenters. The molecule has 1 amide bonds. The lowest BCUT2D eigenvalue weighted by Gasteiger charge is -2.49. The molecule has 2 heterocycles. The van der Waals surface area contributed by atoms with E-state index in [1.54, 1.807) is 4.90 Å². The second-order valence-corrected chi connectivity index (χ2v) is 8.45.